The number of rotatable bonds is 5. The molecule has 0 spiro atoms. The summed E-state index contributed by atoms with van der Waals surface area (Å²) in [5.74, 6) is 0.754. The minimum absolute atomic E-state index is 0.0678. The molecule has 1 aromatic carbocycles. The number of hydrogen-bond donors (Lipinski definition) is 1. The molecule has 0 aliphatic heterocycles. The monoisotopic (exact) mass is 285 g/mol. The van der Waals surface area contributed by atoms with Crippen molar-refractivity contribution < 1.29 is 9.53 Å². The second-order valence-electron chi connectivity index (χ2n) is 3.62. The lowest BCUT2D eigenvalue weighted by molar-refractivity contribution is -0.114. The van der Waals surface area contributed by atoms with Crippen LogP contribution in [0.4, 0.5) is 5.69 Å². The Morgan fingerprint density at radius 1 is 1.44 bits per heavy atom. The predicted molar refractivity (Wildman–Crippen MR) is 69.2 cm³/mol. The maximum Gasteiger partial charge on any atom is 0.221 e. The number of ether oxygens (including phenoxy) is 1. The van der Waals surface area contributed by atoms with Crippen molar-refractivity contribution in [1.29, 1.82) is 0 Å². The van der Waals surface area contributed by atoms with Gasteiger partial charge in [0.1, 0.15) is 5.75 Å². The fourth-order valence-corrected chi connectivity index (χ4v) is 1.36. The number of carbonyl (C=O) groups excluding carboxylic acids is 1. The SMILES string of the molecule is CC(=O)Nc1ccc(OCCC(C)Br)cc1. The Kier molecular flexibility index (Phi) is 5.32. The topological polar surface area (TPSA) is 38.3 Å². The highest BCUT2D eigenvalue weighted by Gasteiger charge is 1.99. The van der Waals surface area contributed by atoms with Gasteiger partial charge in [0.15, 0.2) is 0 Å². The Morgan fingerprint density at radius 3 is 2.56 bits per heavy atom. The number of carbonyl (C=O) groups is 1. The van der Waals surface area contributed by atoms with Crippen LogP contribution in [0.15, 0.2) is 24.3 Å². The van der Waals surface area contributed by atoms with E-state index in [1.165, 1.54) is 6.92 Å². The third kappa shape index (κ3) is 5.16. The van der Waals surface area contributed by atoms with Crippen LogP contribution in [0.3, 0.4) is 0 Å². The zero-order chi connectivity index (χ0) is 12.0. The largest absolute Gasteiger partial charge is 0.494 e. The van der Waals surface area contributed by atoms with Gasteiger partial charge in [0.05, 0.1) is 6.61 Å². The molecule has 0 saturated heterocycles. The molecule has 0 fully saturated rings. The fraction of sp³-hybridized carbons (Fsp3) is 0.417. The normalized spacial score (nSPS) is 11.9. The summed E-state index contributed by atoms with van der Waals surface area (Å²) in [7, 11) is 0. The van der Waals surface area contributed by atoms with Crippen molar-refractivity contribution in [2.24, 2.45) is 0 Å². The quantitative estimate of drug-likeness (QED) is 0.844. The summed E-state index contributed by atoms with van der Waals surface area (Å²) in [6.07, 6.45) is 0.966. The Hall–Kier alpha value is -1.03. The van der Waals surface area contributed by atoms with Crippen LogP contribution in [0.1, 0.15) is 20.3 Å². The van der Waals surface area contributed by atoms with Gasteiger partial charge in [-0.05, 0) is 30.7 Å². The molecule has 3 nitrogen and oxygen atoms in total. The van der Waals surface area contributed by atoms with Crippen molar-refractivity contribution in [2.75, 3.05) is 11.9 Å². The smallest absolute Gasteiger partial charge is 0.221 e. The maximum absolute atomic E-state index is 10.8. The summed E-state index contributed by atoms with van der Waals surface area (Å²) < 4.78 is 5.53. The van der Waals surface area contributed by atoms with E-state index in [2.05, 4.69) is 28.2 Å². The zero-order valence-electron chi connectivity index (χ0n) is 9.50. The van der Waals surface area contributed by atoms with Gasteiger partial charge in [0.2, 0.25) is 5.91 Å². The van der Waals surface area contributed by atoms with Crippen LogP contribution in [0.2, 0.25) is 0 Å². The third-order valence-electron chi connectivity index (χ3n) is 1.96. The molecule has 0 heterocycles. The van der Waals surface area contributed by atoms with E-state index in [-0.39, 0.29) is 5.91 Å². The fourth-order valence-electron chi connectivity index (χ4n) is 1.18. The standard InChI is InChI=1S/C12H16BrNO2/c1-9(13)7-8-16-12-5-3-11(4-6-12)14-10(2)15/h3-6,9H,7-8H2,1-2H3,(H,14,15). The molecule has 1 rings (SSSR count). The van der Waals surface area contributed by atoms with Crippen LogP contribution < -0.4 is 10.1 Å². The van der Waals surface area contributed by atoms with Crippen molar-refractivity contribution in [3.8, 4) is 5.75 Å². The van der Waals surface area contributed by atoms with E-state index in [4.69, 9.17) is 4.74 Å². The number of benzene rings is 1. The molecule has 1 unspecified atom stereocenters. The highest BCUT2D eigenvalue weighted by molar-refractivity contribution is 9.09. The highest BCUT2D eigenvalue weighted by Crippen LogP contribution is 2.16. The molecular formula is C12H16BrNO2. The summed E-state index contributed by atoms with van der Waals surface area (Å²) in [6.45, 7) is 4.26. The average molecular weight is 286 g/mol. The van der Waals surface area contributed by atoms with Crippen LogP contribution in [0, 0.1) is 0 Å². The second-order valence-corrected chi connectivity index (χ2v) is 5.19. The van der Waals surface area contributed by atoms with Crippen LogP contribution >= 0.6 is 15.9 Å². The van der Waals surface area contributed by atoms with Gasteiger partial charge < -0.3 is 10.1 Å². The molecule has 0 saturated carbocycles. The predicted octanol–water partition coefficient (Wildman–Crippen LogP) is 3.20. The van der Waals surface area contributed by atoms with Crippen molar-refractivity contribution in [1.82, 2.24) is 0 Å². The lowest BCUT2D eigenvalue weighted by Crippen LogP contribution is -2.06. The number of amides is 1. The molecule has 1 aromatic rings. The van der Waals surface area contributed by atoms with Crippen LogP contribution in [-0.4, -0.2) is 17.3 Å². The zero-order valence-corrected chi connectivity index (χ0v) is 11.1. The van der Waals surface area contributed by atoms with Crippen molar-refractivity contribution in [3.63, 3.8) is 0 Å². The van der Waals surface area contributed by atoms with E-state index in [1.54, 1.807) is 0 Å². The molecule has 0 aliphatic carbocycles. The summed E-state index contributed by atoms with van der Waals surface area (Å²) in [6, 6.07) is 7.36. The lowest BCUT2D eigenvalue weighted by atomic mass is 10.3. The Bertz CT molecular complexity index is 335. The van der Waals surface area contributed by atoms with E-state index in [0.717, 1.165) is 17.9 Å². The molecule has 0 radical (unpaired) electrons. The van der Waals surface area contributed by atoms with Crippen LogP contribution in [0.25, 0.3) is 0 Å². The second kappa shape index (κ2) is 6.53. The molecule has 1 atom stereocenters. The van der Waals surface area contributed by atoms with Crippen molar-refractivity contribution >= 4 is 27.5 Å². The lowest BCUT2D eigenvalue weighted by Gasteiger charge is -2.08. The molecule has 88 valence electrons. The van der Waals surface area contributed by atoms with Gasteiger partial charge in [-0.15, -0.1) is 0 Å². The number of alkyl halides is 1. The van der Waals surface area contributed by atoms with E-state index < -0.39 is 0 Å². The Morgan fingerprint density at radius 2 is 2.06 bits per heavy atom. The minimum atomic E-state index is -0.0678. The Balaban J connectivity index is 2.42. The Labute approximate surface area is 104 Å². The molecular weight excluding hydrogens is 270 g/mol. The van der Waals surface area contributed by atoms with Gasteiger partial charge in [0, 0.05) is 17.4 Å². The van der Waals surface area contributed by atoms with E-state index in [1.807, 2.05) is 24.3 Å². The minimum Gasteiger partial charge on any atom is -0.494 e. The summed E-state index contributed by atoms with van der Waals surface area (Å²) in [4.78, 5) is 11.3. The van der Waals surface area contributed by atoms with Crippen molar-refractivity contribution in [2.45, 2.75) is 25.1 Å². The first-order valence-corrected chi connectivity index (χ1v) is 6.14. The number of hydrogen-bond acceptors (Lipinski definition) is 2. The van der Waals surface area contributed by atoms with Gasteiger partial charge in [-0.2, -0.15) is 0 Å². The van der Waals surface area contributed by atoms with E-state index in [0.29, 0.717) is 11.4 Å². The average Bonchev–Trinajstić information content (AvgIpc) is 2.19. The molecule has 16 heavy (non-hydrogen) atoms. The van der Waals surface area contributed by atoms with Gasteiger partial charge in [-0.25, -0.2) is 0 Å². The summed E-state index contributed by atoms with van der Waals surface area (Å²) in [5.41, 5.74) is 0.786. The summed E-state index contributed by atoms with van der Waals surface area (Å²) >= 11 is 3.46. The molecule has 4 heteroatoms. The maximum atomic E-state index is 10.8. The van der Waals surface area contributed by atoms with Gasteiger partial charge in [0.25, 0.3) is 0 Å². The first kappa shape index (κ1) is 13.0. The van der Waals surface area contributed by atoms with Gasteiger partial charge in [-0.1, -0.05) is 22.9 Å². The molecule has 0 aromatic heterocycles. The first-order chi connectivity index (χ1) is 7.58. The van der Waals surface area contributed by atoms with Crippen LogP contribution in [-0.2, 0) is 4.79 Å². The molecule has 1 amide bonds. The van der Waals surface area contributed by atoms with Crippen molar-refractivity contribution in [3.05, 3.63) is 24.3 Å². The van der Waals surface area contributed by atoms with E-state index >= 15 is 0 Å². The van der Waals surface area contributed by atoms with Crippen LogP contribution in [0.5, 0.6) is 5.75 Å². The molecule has 0 aliphatic rings. The third-order valence-corrected chi connectivity index (χ3v) is 2.42. The molecule has 0 bridgehead atoms. The number of halogens is 1. The van der Waals surface area contributed by atoms with Gasteiger partial charge >= 0.3 is 0 Å². The highest BCUT2D eigenvalue weighted by atomic mass is 79.9. The van der Waals surface area contributed by atoms with Gasteiger partial charge in [-0.3, -0.25) is 4.79 Å². The number of anilines is 1. The number of nitrogens with one attached hydrogen (secondary N) is 1. The molecule has 1 N–H and O–H groups in total. The first-order valence-electron chi connectivity index (χ1n) is 5.22. The summed E-state index contributed by atoms with van der Waals surface area (Å²) in [5, 5.41) is 2.70. The van der Waals surface area contributed by atoms with E-state index in [9.17, 15) is 4.79 Å².